The molecule has 23 heavy (non-hydrogen) atoms. The van der Waals surface area contributed by atoms with Gasteiger partial charge in [0.25, 0.3) is 11.8 Å². The van der Waals surface area contributed by atoms with E-state index in [2.05, 4.69) is 15.5 Å². The van der Waals surface area contributed by atoms with Crippen LogP contribution in [0.4, 0.5) is 0 Å². The Morgan fingerprint density at radius 1 is 1.17 bits per heavy atom. The molecule has 1 aromatic heterocycles. The second-order valence-electron chi connectivity index (χ2n) is 4.76. The van der Waals surface area contributed by atoms with E-state index in [0.29, 0.717) is 22.8 Å². The van der Waals surface area contributed by atoms with Gasteiger partial charge in [0.15, 0.2) is 5.82 Å². The number of hydrogen-bond acceptors (Lipinski definition) is 5. The van der Waals surface area contributed by atoms with E-state index in [4.69, 9.17) is 9.78 Å². The van der Waals surface area contributed by atoms with Gasteiger partial charge in [0.1, 0.15) is 0 Å². The molecule has 0 unspecified atom stereocenters. The molecule has 0 aliphatic rings. The van der Waals surface area contributed by atoms with Crippen molar-refractivity contribution in [2.24, 2.45) is 0 Å². The van der Waals surface area contributed by atoms with Gasteiger partial charge in [-0.05, 0) is 30.3 Å². The van der Waals surface area contributed by atoms with Gasteiger partial charge in [0.2, 0.25) is 0 Å². The Morgan fingerprint density at radius 2 is 2.00 bits per heavy atom. The van der Waals surface area contributed by atoms with Crippen LogP contribution in [0.2, 0.25) is 0 Å². The zero-order chi connectivity index (χ0) is 16.1. The molecule has 0 spiro atoms. The molecule has 0 atom stereocenters. The third kappa shape index (κ3) is 3.41. The minimum atomic E-state index is -0.298. The Bertz CT molecular complexity index is 866. The van der Waals surface area contributed by atoms with E-state index >= 15 is 0 Å². The molecule has 0 aliphatic carbocycles. The second kappa shape index (κ2) is 6.54. The van der Waals surface area contributed by atoms with Crippen molar-refractivity contribution in [3.05, 3.63) is 71.5 Å². The van der Waals surface area contributed by atoms with Gasteiger partial charge in [0, 0.05) is 11.1 Å². The van der Waals surface area contributed by atoms with E-state index in [1.165, 1.54) is 6.07 Å². The predicted octanol–water partition coefficient (Wildman–Crippen LogP) is 2.54. The molecule has 0 fully saturated rings. The Labute approximate surface area is 132 Å². The number of amides is 1. The van der Waals surface area contributed by atoms with Crippen molar-refractivity contribution < 1.29 is 9.32 Å². The fourth-order valence-electron chi connectivity index (χ4n) is 2.02. The van der Waals surface area contributed by atoms with Crippen molar-refractivity contribution in [3.8, 4) is 17.5 Å². The van der Waals surface area contributed by atoms with Gasteiger partial charge >= 0.3 is 0 Å². The standard InChI is InChI=1S/C17H12N4O2/c18-10-12-5-4-8-14(9-12)16(22)19-11-15-20-17(23-21-15)13-6-2-1-3-7-13/h1-9H,11H2,(H,19,22). The zero-order valence-corrected chi connectivity index (χ0v) is 12.1. The summed E-state index contributed by atoms with van der Waals surface area (Å²) in [6.07, 6.45) is 0. The summed E-state index contributed by atoms with van der Waals surface area (Å²) in [5.74, 6) is 0.489. The smallest absolute Gasteiger partial charge is 0.257 e. The van der Waals surface area contributed by atoms with Crippen LogP contribution >= 0.6 is 0 Å². The lowest BCUT2D eigenvalue weighted by molar-refractivity contribution is 0.0949. The molecule has 0 bridgehead atoms. The largest absolute Gasteiger partial charge is 0.345 e. The molecule has 0 radical (unpaired) electrons. The second-order valence-corrected chi connectivity index (χ2v) is 4.76. The van der Waals surface area contributed by atoms with E-state index < -0.39 is 0 Å². The maximum Gasteiger partial charge on any atom is 0.257 e. The Balaban J connectivity index is 1.66. The first-order chi connectivity index (χ1) is 11.3. The van der Waals surface area contributed by atoms with E-state index in [0.717, 1.165) is 5.56 Å². The Kier molecular flexibility index (Phi) is 4.11. The number of hydrogen-bond donors (Lipinski definition) is 1. The number of carbonyl (C=O) groups excluding carboxylic acids is 1. The van der Waals surface area contributed by atoms with Gasteiger partial charge in [-0.2, -0.15) is 10.2 Å². The first-order valence-electron chi connectivity index (χ1n) is 6.92. The third-order valence-corrected chi connectivity index (χ3v) is 3.15. The molecule has 112 valence electrons. The highest BCUT2D eigenvalue weighted by molar-refractivity contribution is 5.94. The van der Waals surface area contributed by atoms with Crippen LogP contribution in [0.1, 0.15) is 21.7 Å². The molecule has 6 nitrogen and oxygen atoms in total. The number of aromatic nitrogens is 2. The molecule has 0 aliphatic heterocycles. The monoisotopic (exact) mass is 304 g/mol. The summed E-state index contributed by atoms with van der Waals surface area (Å²) in [4.78, 5) is 16.3. The Morgan fingerprint density at radius 3 is 2.78 bits per heavy atom. The van der Waals surface area contributed by atoms with Gasteiger partial charge in [-0.25, -0.2) is 0 Å². The molecule has 0 saturated carbocycles. The minimum absolute atomic E-state index is 0.145. The Hall–Kier alpha value is -3.46. The van der Waals surface area contributed by atoms with Gasteiger partial charge in [-0.1, -0.05) is 29.4 Å². The number of benzene rings is 2. The summed E-state index contributed by atoms with van der Waals surface area (Å²) in [5.41, 5.74) is 1.67. The van der Waals surface area contributed by atoms with E-state index in [-0.39, 0.29) is 12.5 Å². The van der Waals surface area contributed by atoms with Crippen molar-refractivity contribution in [3.63, 3.8) is 0 Å². The summed E-state index contributed by atoms with van der Waals surface area (Å²) in [6.45, 7) is 0.145. The molecule has 0 saturated heterocycles. The van der Waals surface area contributed by atoms with Crippen LogP contribution < -0.4 is 5.32 Å². The van der Waals surface area contributed by atoms with Crippen LogP contribution in [0.25, 0.3) is 11.5 Å². The molecular weight excluding hydrogens is 292 g/mol. The lowest BCUT2D eigenvalue weighted by Crippen LogP contribution is -2.23. The quantitative estimate of drug-likeness (QED) is 0.799. The van der Waals surface area contributed by atoms with E-state index in [1.807, 2.05) is 36.4 Å². The molecule has 3 rings (SSSR count). The van der Waals surface area contributed by atoms with Crippen LogP contribution in [0.3, 0.4) is 0 Å². The fraction of sp³-hybridized carbons (Fsp3) is 0.0588. The average Bonchev–Trinajstić information content (AvgIpc) is 3.09. The normalized spacial score (nSPS) is 10.0. The highest BCUT2D eigenvalue weighted by Gasteiger charge is 2.11. The number of nitrogens with zero attached hydrogens (tertiary/aromatic N) is 3. The molecule has 3 aromatic rings. The molecule has 6 heteroatoms. The van der Waals surface area contributed by atoms with Crippen molar-refractivity contribution in [1.29, 1.82) is 5.26 Å². The van der Waals surface area contributed by atoms with E-state index in [9.17, 15) is 4.79 Å². The number of nitrogens with one attached hydrogen (secondary N) is 1. The summed E-state index contributed by atoms with van der Waals surface area (Å²) in [7, 11) is 0. The molecule has 1 N–H and O–H groups in total. The fourth-order valence-corrected chi connectivity index (χ4v) is 2.02. The van der Waals surface area contributed by atoms with Gasteiger partial charge in [-0.3, -0.25) is 4.79 Å². The molecular formula is C17H12N4O2. The minimum Gasteiger partial charge on any atom is -0.345 e. The molecule has 2 aromatic carbocycles. The average molecular weight is 304 g/mol. The zero-order valence-electron chi connectivity index (χ0n) is 12.1. The van der Waals surface area contributed by atoms with Gasteiger partial charge in [0.05, 0.1) is 18.2 Å². The first-order valence-corrected chi connectivity index (χ1v) is 6.92. The van der Waals surface area contributed by atoms with Crippen molar-refractivity contribution in [2.75, 3.05) is 0 Å². The van der Waals surface area contributed by atoms with Crippen molar-refractivity contribution in [2.45, 2.75) is 6.54 Å². The van der Waals surface area contributed by atoms with Crippen LogP contribution in [0, 0.1) is 11.3 Å². The molecule has 1 amide bonds. The van der Waals surface area contributed by atoms with Crippen molar-refractivity contribution in [1.82, 2.24) is 15.5 Å². The van der Waals surface area contributed by atoms with Gasteiger partial charge < -0.3 is 9.84 Å². The maximum absolute atomic E-state index is 12.1. The lowest BCUT2D eigenvalue weighted by atomic mass is 10.1. The first kappa shape index (κ1) is 14.5. The third-order valence-electron chi connectivity index (χ3n) is 3.15. The SMILES string of the molecule is N#Cc1cccc(C(=O)NCc2noc(-c3ccccc3)n2)c1. The highest BCUT2D eigenvalue weighted by Crippen LogP contribution is 2.15. The number of carbonyl (C=O) groups is 1. The number of nitriles is 1. The van der Waals surface area contributed by atoms with Crippen LogP contribution in [-0.2, 0) is 6.54 Å². The topological polar surface area (TPSA) is 91.8 Å². The maximum atomic E-state index is 12.1. The summed E-state index contributed by atoms with van der Waals surface area (Å²) >= 11 is 0. The van der Waals surface area contributed by atoms with Crippen LogP contribution in [-0.4, -0.2) is 16.0 Å². The van der Waals surface area contributed by atoms with Crippen LogP contribution in [0.5, 0.6) is 0 Å². The summed E-state index contributed by atoms with van der Waals surface area (Å²) in [5, 5.41) is 15.4. The van der Waals surface area contributed by atoms with E-state index in [1.54, 1.807) is 18.2 Å². The summed E-state index contributed by atoms with van der Waals surface area (Å²) in [6, 6.07) is 17.9. The predicted molar refractivity (Wildman–Crippen MR) is 82.1 cm³/mol. The lowest BCUT2D eigenvalue weighted by Gasteiger charge is -2.02. The van der Waals surface area contributed by atoms with Crippen molar-refractivity contribution >= 4 is 5.91 Å². The van der Waals surface area contributed by atoms with Gasteiger partial charge in [-0.15, -0.1) is 0 Å². The number of rotatable bonds is 4. The van der Waals surface area contributed by atoms with Crippen LogP contribution in [0.15, 0.2) is 59.1 Å². The molecule has 1 heterocycles. The summed E-state index contributed by atoms with van der Waals surface area (Å²) < 4.78 is 5.17. The highest BCUT2D eigenvalue weighted by atomic mass is 16.5.